The Kier molecular flexibility index (Phi) is 9.46. The van der Waals surface area contributed by atoms with Crippen LogP contribution in [0.25, 0.3) is 0 Å². The van der Waals surface area contributed by atoms with Gasteiger partial charge in [0.2, 0.25) is 0 Å². The maximum atomic E-state index is 5.41. The number of nitrogens with zero attached hydrogens (tertiary/aromatic N) is 2. The van der Waals surface area contributed by atoms with E-state index in [1.54, 1.807) is 7.11 Å². The van der Waals surface area contributed by atoms with Crippen molar-refractivity contribution in [2.24, 2.45) is 0 Å². The van der Waals surface area contributed by atoms with Gasteiger partial charge in [0.25, 0.3) is 5.19 Å². The third kappa shape index (κ3) is 8.06. The summed E-state index contributed by atoms with van der Waals surface area (Å²) in [4.78, 5) is 0. The molecule has 1 rings (SSSR count). The first-order valence-electron chi connectivity index (χ1n) is 6.11. The van der Waals surface area contributed by atoms with Gasteiger partial charge in [-0.15, -0.1) is 10.2 Å². The number of nitrogens with one attached hydrogen (secondary N) is 1. The van der Waals surface area contributed by atoms with Crippen LogP contribution >= 0.6 is 11.3 Å². The van der Waals surface area contributed by atoms with Crippen molar-refractivity contribution in [3.8, 4) is 5.19 Å². The van der Waals surface area contributed by atoms with E-state index in [0.717, 1.165) is 5.01 Å². The van der Waals surface area contributed by atoms with Gasteiger partial charge in [0.15, 0.2) is 0 Å². The van der Waals surface area contributed by atoms with Gasteiger partial charge in [-0.25, -0.2) is 0 Å². The Balaban J connectivity index is 1.92. The molecule has 0 amide bonds. The maximum Gasteiger partial charge on any atom is 0.294 e. The second-order valence-corrected chi connectivity index (χ2v) is 4.58. The molecule has 0 aliphatic carbocycles. The molecule has 19 heavy (non-hydrogen) atoms. The summed E-state index contributed by atoms with van der Waals surface area (Å²) in [6, 6.07) is 0. The van der Waals surface area contributed by atoms with Crippen molar-refractivity contribution >= 4 is 11.3 Å². The molecule has 0 radical (unpaired) electrons. The molecule has 0 aromatic carbocycles. The lowest BCUT2D eigenvalue weighted by Gasteiger charge is -2.05. The van der Waals surface area contributed by atoms with E-state index in [-0.39, 0.29) is 0 Å². The Morgan fingerprint density at radius 2 is 1.68 bits per heavy atom. The first-order chi connectivity index (χ1) is 9.36. The van der Waals surface area contributed by atoms with Crippen LogP contribution in [0.1, 0.15) is 5.01 Å². The van der Waals surface area contributed by atoms with Crippen LogP contribution in [0.15, 0.2) is 0 Å². The summed E-state index contributed by atoms with van der Waals surface area (Å²) in [5, 5.41) is 12.4. The molecule has 8 heteroatoms. The molecule has 1 N–H and O–H groups in total. The zero-order chi connectivity index (χ0) is 13.8. The second-order valence-electron chi connectivity index (χ2n) is 3.56. The van der Waals surface area contributed by atoms with Crippen molar-refractivity contribution in [1.29, 1.82) is 0 Å². The summed E-state index contributed by atoms with van der Waals surface area (Å²) in [5.74, 6) is 0. The SMILES string of the molecule is CNCc1nnc(OCCOCCOCCOC)s1. The van der Waals surface area contributed by atoms with Crippen molar-refractivity contribution in [2.45, 2.75) is 6.54 Å². The van der Waals surface area contributed by atoms with Gasteiger partial charge in [-0.3, -0.25) is 0 Å². The molecule has 0 spiro atoms. The number of methoxy groups -OCH3 is 1. The largest absolute Gasteiger partial charge is 0.466 e. The third-order valence-electron chi connectivity index (χ3n) is 2.03. The highest BCUT2D eigenvalue weighted by molar-refractivity contribution is 7.13. The van der Waals surface area contributed by atoms with Gasteiger partial charge in [0, 0.05) is 13.7 Å². The predicted molar refractivity (Wildman–Crippen MR) is 71.7 cm³/mol. The minimum absolute atomic E-state index is 0.465. The molecular weight excluding hydrogens is 270 g/mol. The normalized spacial score (nSPS) is 10.8. The second kappa shape index (κ2) is 11.1. The number of ether oxygens (including phenoxy) is 4. The summed E-state index contributed by atoms with van der Waals surface area (Å²) >= 11 is 1.43. The molecule has 0 aliphatic heterocycles. The van der Waals surface area contributed by atoms with Gasteiger partial charge < -0.3 is 24.3 Å². The molecule has 0 saturated carbocycles. The van der Waals surface area contributed by atoms with E-state index >= 15 is 0 Å². The van der Waals surface area contributed by atoms with Crippen LogP contribution in [-0.4, -0.2) is 64.0 Å². The molecule has 1 aromatic rings. The fourth-order valence-electron chi connectivity index (χ4n) is 1.17. The highest BCUT2D eigenvalue weighted by Crippen LogP contribution is 2.17. The average molecular weight is 291 g/mol. The summed E-state index contributed by atoms with van der Waals surface area (Å²) in [6.45, 7) is 3.99. The summed E-state index contributed by atoms with van der Waals surface area (Å²) < 4.78 is 20.9. The van der Waals surface area contributed by atoms with Crippen LogP contribution < -0.4 is 10.1 Å². The number of rotatable bonds is 12. The Bertz CT molecular complexity index is 325. The molecule has 1 aromatic heterocycles. The summed E-state index contributed by atoms with van der Waals surface area (Å²) in [6.07, 6.45) is 0. The van der Waals surface area contributed by atoms with Crippen LogP contribution in [0.3, 0.4) is 0 Å². The van der Waals surface area contributed by atoms with Gasteiger partial charge in [0.05, 0.1) is 33.0 Å². The van der Waals surface area contributed by atoms with Gasteiger partial charge in [0.1, 0.15) is 11.6 Å². The van der Waals surface area contributed by atoms with Crippen molar-refractivity contribution in [3.63, 3.8) is 0 Å². The highest BCUT2D eigenvalue weighted by Gasteiger charge is 2.03. The minimum atomic E-state index is 0.465. The van der Waals surface area contributed by atoms with E-state index in [1.165, 1.54) is 11.3 Å². The Hall–Kier alpha value is -0.800. The highest BCUT2D eigenvalue weighted by atomic mass is 32.1. The monoisotopic (exact) mass is 291 g/mol. The average Bonchev–Trinajstić information content (AvgIpc) is 2.85. The lowest BCUT2D eigenvalue weighted by molar-refractivity contribution is 0.0179. The van der Waals surface area contributed by atoms with Crippen LogP contribution in [-0.2, 0) is 20.8 Å². The van der Waals surface area contributed by atoms with Crippen LogP contribution in [0.4, 0.5) is 0 Å². The molecule has 0 bridgehead atoms. The smallest absolute Gasteiger partial charge is 0.294 e. The molecule has 0 aliphatic rings. The summed E-state index contributed by atoms with van der Waals surface area (Å²) in [5.41, 5.74) is 0. The lowest BCUT2D eigenvalue weighted by atomic mass is 10.7. The summed E-state index contributed by atoms with van der Waals surface area (Å²) in [7, 11) is 3.51. The molecule has 0 fully saturated rings. The van der Waals surface area contributed by atoms with E-state index < -0.39 is 0 Å². The van der Waals surface area contributed by atoms with E-state index in [9.17, 15) is 0 Å². The van der Waals surface area contributed by atoms with E-state index in [1.807, 2.05) is 7.05 Å². The van der Waals surface area contributed by atoms with Crippen LogP contribution in [0.2, 0.25) is 0 Å². The number of aromatic nitrogens is 2. The fraction of sp³-hybridized carbons (Fsp3) is 0.818. The van der Waals surface area contributed by atoms with Crippen molar-refractivity contribution in [1.82, 2.24) is 15.5 Å². The maximum absolute atomic E-state index is 5.41. The van der Waals surface area contributed by atoms with Crippen molar-refractivity contribution < 1.29 is 18.9 Å². The quantitative estimate of drug-likeness (QED) is 0.556. The van der Waals surface area contributed by atoms with Gasteiger partial charge >= 0.3 is 0 Å². The zero-order valence-electron chi connectivity index (χ0n) is 11.4. The topological polar surface area (TPSA) is 74.7 Å². The Morgan fingerprint density at radius 1 is 1.00 bits per heavy atom. The molecule has 0 atom stereocenters. The molecule has 0 saturated heterocycles. The van der Waals surface area contributed by atoms with Gasteiger partial charge in [-0.1, -0.05) is 11.3 Å². The van der Waals surface area contributed by atoms with Crippen molar-refractivity contribution in [2.75, 3.05) is 53.8 Å². The van der Waals surface area contributed by atoms with Crippen molar-refractivity contribution in [3.05, 3.63) is 5.01 Å². The molecule has 0 unspecified atom stereocenters. The first kappa shape index (κ1) is 16.3. The fourth-order valence-corrected chi connectivity index (χ4v) is 1.89. The lowest BCUT2D eigenvalue weighted by Crippen LogP contribution is -2.12. The van der Waals surface area contributed by atoms with E-state index in [4.69, 9.17) is 18.9 Å². The molecule has 1 heterocycles. The molecule has 7 nitrogen and oxygen atoms in total. The van der Waals surface area contributed by atoms with Crippen LogP contribution in [0, 0.1) is 0 Å². The minimum Gasteiger partial charge on any atom is -0.466 e. The van der Waals surface area contributed by atoms with Crippen LogP contribution in [0.5, 0.6) is 5.19 Å². The Morgan fingerprint density at radius 3 is 2.37 bits per heavy atom. The van der Waals surface area contributed by atoms with E-state index in [2.05, 4.69) is 15.5 Å². The Labute approximate surface area is 117 Å². The van der Waals surface area contributed by atoms with Gasteiger partial charge in [-0.2, -0.15) is 0 Å². The van der Waals surface area contributed by atoms with Gasteiger partial charge in [-0.05, 0) is 7.05 Å². The standard InChI is InChI=1S/C11H21N3O4S/c1-12-9-10-13-14-11(19-10)18-8-7-17-6-5-16-4-3-15-2/h12H,3-9H2,1-2H3. The number of hydrogen-bond donors (Lipinski definition) is 1. The number of hydrogen-bond acceptors (Lipinski definition) is 8. The first-order valence-corrected chi connectivity index (χ1v) is 6.92. The third-order valence-corrected chi connectivity index (χ3v) is 2.87. The molecular formula is C11H21N3O4S. The predicted octanol–water partition coefficient (Wildman–Crippen LogP) is 0.316. The molecule has 110 valence electrons. The van der Waals surface area contributed by atoms with E-state index in [0.29, 0.717) is 51.4 Å². The zero-order valence-corrected chi connectivity index (χ0v) is 12.2.